The molecule has 1 aromatic heterocycles. The number of rotatable bonds is 4. The smallest absolute Gasteiger partial charge is 0.354 e. The van der Waals surface area contributed by atoms with Gasteiger partial charge in [0.25, 0.3) is 0 Å². The van der Waals surface area contributed by atoms with E-state index in [0.29, 0.717) is 5.52 Å². The molecule has 0 atom stereocenters. The Morgan fingerprint density at radius 2 is 1.88 bits per heavy atom. The third-order valence-corrected chi connectivity index (χ3v) is 4.45. The minimum Gasteiger partial charge on any atom is -0.477 e. The molecular formula is C17H12Cl2N2O4. The van der Waals surface area contributed by atoms with Crippen molar-refractivity contribution < 1.29 is 19.4 Å². The van der Waals surface area contributed by atoms with Gasteiger partial charge in [-0.3, -0.25) is 5.43 Å². The molecule has 3 rings (SSSR count). The van der Waals surface area contributed by atoms with Crippen molar-refractivity contribution in [2.45, 2.75) is 0 Å². The molecule has 0 saturated heterocycles. The maximum Gasteiger partial charge on any atom is 0.354 e. The number of halogens is 2. The number of esters is 1. The van der Waals surface area contributed by atoms with Crippen LogP contribution in [0.15, 0.2) is 42.5 Å². The van der Waals surface area contributed by atoms with E-state index < -0.39 is 11.9 Å². The van der Waals surface area contributed by atoms with E-state index in [1.165, 1.54) is 30.0 Å². The molecule has 25 heavy (non-hydrogen) atoms. The van der Waals surface area contributed by atoms with Crippen LogP contribution < -0.4 is 5.43 Å². The first-order chi connectivity index (χ1) is 11.9. The van der Waals surface area contributed by atoms with Crippen LogP contribution in [0.5, 0.6) is 0 Å². The van der Waals surface area contributed by atoms with Crippen molar-refractivity contribution in [2.24, 2.45) is 0 Å². The minimum atomic E-state index is -1.12. The van der Waals surface area contributed by atoms with Crippen molar-refractivity contribution in [1.82, 2.24) is 4.68 Å². The van der Waals surface area contributed by atoms with Crippen molar-refractivity contribution in [3.63, 3.8) is 0 Å². The summed E-state index contributed by atoms with van der Waals surface area (Å²) in [5, 5.41) is 10.4. The first-order valence-electron chi connectivity index (χ1n) is 7.11. The lowest BCUT2D eigenvalue weighted by Gasteiger charge is -2.16. The maximum atomic E-state index is 12.1. The van der Waals surface area contributed by atoms with Gasteiger partial charge in [-0.15, -0.1) is 0 Å². The lowest BCUT2D eigenvalue weighted by molar-refractivity contribution is 0.0601. The molecule has 0 radical (unpaired) electrons. The number of carbonyl (C=O) groups is 2. The lowest BCUT2D eigenvalue weighted by atomic mass is 10.2. The molecule has 1 heterocycles. The SMILES string of the molecule is COC(=O)c1c(Nn2c(C(=O)O)cc3ccccc32)ccc(Cl)c1Cl. The zero-order chi connectivity index (χ0) is 18.1. The Hall–Kier alpha value is -2.70. The molecule has 0 aliphatic heterocycles. The quantitative estimate of drug-likeness (QED) is 0.661. The van der Waals surface area contributed by atoms with Gasteiger partial charge in [-0.25, -0.2) is 14.3 Å². The van der Waals surface area contributed by atoms with Crippen molar-refractivity contribution in [3.05, 3.63) is 63.8 Å². The summed E-state index contributed by atoms with van der Waals surface area (Å²) in [5.74, 6) is -1.81. The number of anilines is 1. The Morgan fingerprint density at radius 1 is 1.16 bits per heavy atom. The average molecular weight is 379 g/mol. The molecule has 3 aromatic rings. The van der Waals surface area contributed by atoms with E-state index in [9.17, 15) is 14.7 Å². The fourth-order valence-corrected chi connectivity index (χ4v) is 2.90. The second kappa shape index (κ2) is 6.66. The molecule has 0 fully saturated rings. The zero-order valence-electron chi connectivity index (χ0n) is 12.9. The van der Waals surface area contributed by atoms with E-state index in [0.717, 1.165) is 5.39 Å². The predicted molar refractivity (Wildman–Crippen MR) is 95.7 cm³/mol. The second-order valence-corrected chi connectivity index (χ2v) is 5.90. The summed E-state index contributed by atoms with van der Waals surface area (Å²) < 4.78 is 6.11. The highest BCUT2D eigenvalue weighted by Crippen LogP contribution is 2.33. The number of ether oxygens (including phenoxy) is 1. The number of aromatic nitrogens is 1. The number of carboxylic acid groups (broad SMARTS) is 1. The Labute approximate surface area is 152 Å². The van der Waals surface area contributed by atoms with Crippen LogP contribution in [0.3, 0.4) is 0 Å². The third kappa shape index (κ3) is 3.01. The Bertz CT molecular complexity index is 998. The van der Waals surface area contributed by atoms with Crippen molar-refractivity contribution in [2.75, 3.05) is 12.5 Å². The molecule has 0 aliphatic rings. The number of carboxylic acids is 1. The number of carbonyl (C=O) groups excluding carboxylic acids is 1. The Morgan fingerprint density at radius 3 is 2.56 bits per heavy atom. The highest BCUT2D eigenvalue weighted by Gasteiger charge is 2.21. The van der Waals surface area contributed by atoms with Crippen LogP contribution >= 0.6 is 23.2 Å². The highest BCUT2D eigenvalue weighted by molar-refractivity contribution is 6.44. The van der Waals surface area contributed by atoms with Gasteiger partial charge < -0.3 is 9.84 Å². The molecule has 0 amide bonds. The summed E-state index contributed by atoms with van der Waals surface area (Å²) in [6.07, 6.45) is 0. The summed E-state index contributed by atoms with van der Waals surface area (Å²) in [4.78, 5) is 23.7. The number of para-hydroxylation sites is 1. The minimum absolute atomic E-state index is 0.00286. The first kappa shape index (κ1) is 17.1. The Balaban J connectivity index is 2.20. The Kier molecular flexibility index (Phi) is 4.57. The lowest BCUT2D eigenvalue weighted by Crippen LogP contribution is -2.18. The molecule has 2 aromatic carbocycles. The van der Waals surface area contributed by atoms with Crippen molar-refractivity contribution >= 4 is 51.7 Å². The van der Waals surface area contributed by atoms with Crippen LogP contribution in [0.4, 0.5) is 5.69 Å². The van der Waals surface area contributed by atoms with Crippen LogP contribution in [-0.2, 0) is 4.74 Å². The molecule has 0 bridgehead atoms. The topological polar surface area (TPSA) is 80.6 Å². The van der Waals surface area contributed by atoms with Gasteiger partial charge in [0.15, 0.2) is 0 Å². The van der Waals surface area contributed by atoms with Gasteiger partial charge in [0, 0.05) is 5.39 Å². The van der Waals surface area contributed by atoms with Gasteiger partial charge in [-0.05, 0) is 24.3 Å². The molecule has 0 spiro atoms. The number of nitrogens with zero attached hydrogens (tertiary/aromatic N) is 1. The first-order valence-corrected chi connectivity index (χ1v) is 7.86. The van der Waals surface area contributed by atoms with E-state index in [4.69, 9.17) is 27.9 Å². The molecule has 6 nitrogen and oxygen atoms in total. The van der Waals surface area contributed by atoms with E-state index in [1.807, 2.05) is 0 Å². The van der Waals surface area contributed by atoms with Crippen LogP contribution in [0.1, 0.15) is 20.8 Å². The number of aromatic carboxylic acids is 1. The molecule has 2 N–H and O–H groups in total. The van der Waals surface area contributed by atoms with Crippen LogP contribution in [-0.4, -0.2) is 28.8 Å². The number of hydrogen-bond donors (Lipinski definition) is 2. The second-order valence-electron chi connectivity index (χ2n) is 5.12. The van der Waals surface area contributed by atoms with E-state index >= 15 is 0 Å². The number of nitrogens with one attached hydrogen (secondary N) is 1. The van der Waals surface area contributed by atoms with Crippen molar-refractivity contribution in [3.8, 4) is 0 Å². The number of methoxy groups -OCH3 is 1. The molecule has 0 aliphatic carbocycles. The fraction of sp³-hybridized carbons (Fsp3) is 0.0588. The molecule has 0 saturated carbocycles. The summed E-state index contributed by atoms with van der Waals surface area (Å²) in [5.41, 5.74) is 3.84. The molecular weight excluding hydrogens is 367 g/mol. The molecule has 128 valence electrons. The van der Waals surface area contributed by atoms with Gasteiger partial charge in [0.05, 0.1) is 28.4 Å². The van der Waals surface area contributed by atoms with Gasteiger partial charge >= 0.3 is 11.9 Å². The normalized spacial score (nSPS) is 10.7. The summed E-state index contributed by atoms with van der Waals surface area (Å²) in [7, 11) is 1.22. The predicted octanol–water partition coefficient (Wildman–Crippen LogP) is 4.31. The van der Waals surface area contributed by atoms with Gasteiger partial charge in [-0.1, -0.05) is 41.4 Å². The average Bonchev–Trinajstić information content (AvgIpc) is 2.97. The van der Waals surface area contributed by atoms with E-state index in [1.54, 1.807) is 24.3 Å². The summed E-state index contributed by atoms with van der Waals surface area (Å²) in [6.45, 7) is 0. The zero-order valence-corrected chi connectivity index (χ0v) is 14.4. The van der Waals surface area contributed by atoms with E-state index in [-0.39, 0.29) is 27.0 Å². The standard InChI is InChI=1S/C17H12Cl2N2O4/c1-25-17(24)14-11(7-6-10(18)15(14)19)20-21-12-5-3-2-4-9(12)8-13(21)16(22)23/h2-8,20H,1H3,(H,22,23). The largest absolute Gasteiger partial charge is 0.477 e. The summed E-state index contributed by atoms with van der Waals surface area (Å²) >= 11 is 12.1. The molecule has 8 heteroatoms. The summed E-state index contributed by atoms with van der Waals surface area (Å²) in [6, 6.07) is 11.7. The van der Waals surface area contributed by atoms with Crippen LogP contribution in [0.2, 0.25) is 10.0 Å². The maximum absolute atomic E-state index is 12.1. The number of benzene rings is 2. The van der Waals surface area contributed by atoms with Crippen molar-refractivity contribution in [1.29, 1.82) is 0 Å². The number of fused-ring (bicyclic) bond motifs is 1. The molecule has 0 unspecified atom stereocenters. The van der Waals surface area contributed by atoms with Gasteiger partial charge in [-0.2, -0.15) is 0 Å². The van der Waals surface area contributed by atoms with Crippen LogP contribution in [0, 0.1) is 0 Å². The fourth-order valence-electron chi connectivity index (χ4n) is 2.50. The van der Waals surface area contributed by atoms with Gasteiger partial charge in [0.2, 0.25) is 0 Å². The highest BCUT2D eigenvalue weighted by atomic mass is 35.5. The number of hydrogen-bond acceptors (Lipinski definition) is 4. The van der Waals surface area contributed by atoms with E-state index in [2.05, 4.69) is 5.43 Å². The third-order valence-electron chi connectivity index (χ3n) is 3.65. The monoisotopic (exact) mass is 378 g/mol. The van der Waals surface area contributed by atoms with Gasteiger partial charge in [0.1, 0.15) is 11.3 Å². The van der Waals surface area contributed by atoms with Crippen LogP contribution in [0.25, 0.3) is 10.9 Å².